The largest absolute Gasteiger partial charge is 0.467 e. The van der Waals surface area contributed by atoms with Crippen LogP contribution in [0, 0.1) is 41.4 Å². The quantitative estimate of drug-likeness (QED) is 0.0999. The number of carbonyl (C=O) groups excluding carboxylic acids is 1. The Morgan fingerprint density at radius 3 is 2.49 bits per heavy atom. The number of fused-ring (bicyclic) bond motifs is 1. The van der Waals surface area contributed by atoms with E-state index in [9.17, 15) is 13.2 Å². The van der Waals surface area contributed by atoms with Gasteiger partial charge in [-0.2, -0.15) is 8.42 Å². The maximum absolute atomic E-state index is 11.8. The molecule has 4 unspecified atom stereocenters. The van der Waals surface area contributed by atoms with Crippen molar-refractivity contribution >= 4 is 16.1 Å². The highest BCUT2D eigenvalue weighted by Gasteiger charge is 2.46. The van der Waals surface area contributed by atoms with Crippen molar-refractivity contribution in [3.63, 3.8) is 0 Å². The fraction of sp³-hybridized carbons (Fsp3) is 0.794. The maximum atomic E-state index is 11.8. The van der Waals surface area contributed by atoms with Crippen molar-refractivity contribution in [1.29, 1.82) is 0 Å². The molecule has 0 aromatic heterocycles. The number of hydrogen-bond donors (Lipinski definition) is 0. The number of esters is 1. The smallest absolute Gasteiger partial charge is 0.331 e. The summed E-state index contributed by atoms with van der Waals surface area (Å²) in [4.78, 5) is 11.6. The molecule has 0 radical (unpaired) electrons. The van der Waals surface area contributed by atoms with E-state index < -0.39 is 16.1 Å². The molecule has 0 spiro atoms. The summed E-state index contributed by atoms with van der Waals surface area (Å²) in [6.45, 7) is 5.35. The molecular formula is C34H52O10S. The molecule has 11 heteroatoms. The van der Waals surface area contributed by atoms with Crippen LogP contribution in [0.25, 0.3) is 0 Å². The van der Waals surface area contributed by atoms with E-state index in [1.54, 1.807) is 0 Å². The predicted octanol–water partition coefficient (Wildman–Crippen LogP) is 4.78. The lowest BCUT2D eigenvalue weighted by Crippen LogP contribution is -2.32. The minimum Gasteiger partial charge on any atom is -0.467 e. The van der Waals surface area contributed by atoms with Crippen molar-refractivity contribution in [3.8, 4) is 11.8 Å². The summed E-state index contributed by atoms with van der Waals surface area (Å²) in [6.07, 6.45) is 15.6. The van der Waals surface area contributed by atoms with Gasteiger partial charge in [0.1, 0.15) is 6.61 Å². The summed E-state index contributed by atoms with van der Waals surface area (Å²) in [7, 11) is -2.35. The lowest BCUT2D eigenvalue weighted by molar-refractivity contribution is -0.193. The van der Waals surface area contributed by atoms with E-state index in [-0.39, 0.29) is 68.3 Å². The third-order valence-electron chi connectivity index (χ3n) is 9.23. The van der Waals surface area contributed by atoms with Gasteiger partial charge in [0.2, 0.25) is 0 Å². The van der Waals surface area contributed by atoms with E-state index in [0.29, 0.717) is 5.92 Å². The van der Waals surface area contributed by atoms with E-state index in [1.807, 2.05) is 6.92 Å². The molecule has 0 bridgehead atoms. The Kier molecular flexibility index (Phi) is 14.4. The van der Waals surface area contributed by atoms with Gasteiger partial charge in [-0.25, -0.2) is 4.79 Å². The summed E-state index contributed by atoms with van der Waals surface area (Å²) < 4.78 is 64.3. The van der Waals surface area contributed by atoms with Gasteiger partial charge in [-0.15, -0.1) is 11.8 Å². The Morgan fingerprint density at radius 1 is 1.11 bits per heavy atom. The molecule has 2 aliphatic heterocycles. The second kappa shape index (κ2) is 17.9. The summed E-state index contributed by atoms with van der Waals surface area (Å²) >= 11 is 0. The zero-order valence-corrected chi connectivity index (χ0v) is 28.1. The van der Waals surface area contributed by atoms with Gasteiger partial charge in [0.25, 0.3) is 10.1 Å². The van der Waals surface area contributed by atoms with E-state index in [1.165, 1.54) is 7.11 Å². The van der Waals surface area contributed by atoms with Crippen LogP contribution in [0.15, 0.2) is 23.8 Å². The normalized spacial score (nSPS) is 30.6. The molecule has 2 saturated heterocycles. The van der Waals surface area contributed by atoms with Gasteiger partial charge >= 0.3 is 5.97 Å². The van der Waals surface area contributed by atoms with Crippen LogP contribution in [-0.4, -0.2) is 85.6 Å². The average Bonchev–Trinajstić information content (AvgIpc) is 3.57. The number of hydrogen-bond acceptors (Lipinski definition) is 10. The molecule has 4 rings (SSSR count). The maximum Gasteiger partial charge on any atom is 0.331 e. The van der Waals surface area contributed by atoms with Gasteiger partial charge in [-0.3, -0.25) is 4.18 Å². The molecule has 1 saturated carbocycles. The number of ether oxygens (including phenoxy) is 6. The van der Waals surface area contributed by atoms with Gasteiger partial charge in [0, 0.05) is 31.5 Å². The van der Waals surface area contributed by atoms with E-state index in [2.05, 4.69) is 37.0 Å². The second-order valence-corrected chi connectivity index (χ2v) is 14.4. The lowest BCUT2D eigenvalue weighted by Gasteiger charge is -2.31. The Labute approximate surface area is 269 Å². The first-order valence-electron chi connectivity index (χ1n) is 16.5. The highest BCUT2D eigenvalue weighted by Crippen LogP contribution is 2.50. The third kappa shape index (κ3) is 11.5. The highest BCUT2D eigenvalue weighted by molar-refractivity contribution is 7.85. The summed E-state index contributed by atoms with van der Waals surface area (Å²) in [5, 5.41) is 0. The topological polar surface area (TPSA) is 116 Å². The molecule has 3 fully saturated rings. The standard InChI is InChI=1S/C34H52O10S/c1-5-6-11-24(2)30(43-33-12-7-9-16-40-33)15-14-28-29-19-25(18-26(29)20-31(28)44-34-13-8-10-17-41-34)27(22-42-45(4,36)37)21-39-23-32(35)38-3/h14-15,19,24,26-31,33-34H,7-13,16-18,20-23H2,1-4H3/b15-14+/t24?,26-,27?,28+,29-,30+,31+,33?,34?/m0/s1. The van der Waals surface area contributed by atoms with Crippen LogP contribution in [0.1, 0.15) is 71.6 Å². The first-order valence-corrected chi connectivity index (χ1v) is 18.3. The molecule has 0 amide bonds. The monoisotopic (exact) mass is 652 g/mol. The van der Waals surface area contributed by atoms with Gasteiger partial charge in [0.05, 0.1) is 38.8 Å². The van der Waals surface area contributed by atoms with Crippen molar-refractivity contribution in [1.82, 2.24) is 0 Å². The Morgan fingerprint density at radius 2 is 1.84 bits per heavy atom. The number of methoxy groups -OCH3 is 1. The molecule has 2 aliphatic carbocycles. The van der Waals surface area contributed by atoms with Crippen molar-refractivity contribution < 1.29 is 45.8 Å². The average molecular weight is 653 g/mol. The van der Waals surface area contributed by atoms with Crippen LogP contribution in [0.4, 0.5) is 0 Å². The predicted molar refractivity (Wildman–Crippen MR) is 168 cm³/mol. The number of rotatable bonds is 16. The van der Waals surface area contributed by atoms with E-state index >= 15 is 0 Å². The van der Waals surface area contributed by atoms with E-state index in [4.69, 9.17) is 32.6 Å². The van der Waals surface area contributed by atoms with Crippen LogP contribution < -0.4 is 0 Å². The molecule has 45 heavy (non-hydrogen) atoms. The minimum absolute atomic E-state index is 0.0178. The van der Waals surface area contributed by atoms with Crippen LogP contribution in [0.5, 0.6) is 0 Å². The molecule has 0 N–H and O–H groups in total. The summed E-state index contributed by atoms with van der Waals surface area (Å²) in [5.74, 6) is 6.17. The zero-order valence-electron chi connectivity index (χ0n) is 27.3. The van der Waals surface area contributed by atoms with Gasteiger partial charge in [-0.1, -0.05) is 30.7 Å². The van der Waals surface area contributed by atoms with Crippen molar-refractivity contribution in [2.45, 2.75) is 96.4 Å². The Bertz CT molecular complexity index is 1160. The van der Waals surface area contributed by atoms with Gasteiger partial charge in [0.15, 0.2) is 12.6 Å². The molecule has 0 aromatic rings. The first kappa shape index (κ1) is 36.1. The molecular weight excluding hydrogens is 600 g/mol. The summed E-state index contributed by atoms with van der Waals surface area (Å²) in [6, 6.07) is 0. The van der Waals surface area contributed by atoms with Crippen LogP contribution in [0.3, 0.4) is 0 Å². The fourth-order valence-corrected chi connectivity index (χ4v) is 7.18. The van der Waals surface area contributed by atoms with Crippen molar-refractivity contribution in [3.05, 3.63) is 23.8 Å². The molecule has 9 atom stereocenters. The third-order valence-corrected chi connectivity index (χ3v) is 9.79. The first-order chi connectivity index (χ1) is 21.7. The van der Waals surface area contributed by atoms with Gasteiger partial charge in [-0.05, 0) is 76.0 Å². The number of allylic oxidation sites excluding steroid dienone is 1. The SMILES string of the molecule is CC#CCC(C)[C@@H](/C=C/[C@@H]1[C@H]2C=C(C(COCC(=O)OC)COS(C)(=O)=O)C[C@H]2C[C@H]1OC1CCCCO1)OC1CCCCO1. The molecule has 0 aromatic carbocycles. The second-order valence-electron chi connectivity index (χ2n) is 12.7. The van der Waals surface area contributed by atoms with E-state index in [0.717, 1.165) is 82.8 Å². The number of carbonyl (C=O) groups is 1. The minimum atomic E-state index is -3.65. The van der Waals surface area contributed by atoms with Crippen molar-refractivity contribution in [2.75, 3.05) is 46.4 Å². The molecule has 4 aliphatic rings. The summed E-state index contributed by atoms with van der Waals surface area (Å²) in [5.41, 5.74) is 1.08. The Hall–Kier alpha value is -1.78. The molecule has 2 heterocycles. The van der Waals surface area contributed by atoms with Gasteiger partial charge < -0.3 is 28.4 Å². The highest BCUT2D eigenvalue weighted by atomic mass is 32.2. The fourth-order valence-electron chi connectivity index (χ4n) is 6.77. The molecule has 10 nitrogen and oxygen atoms in total. The van der Waals surface area contributed by atoms with Crippen LogP contribution in [-0.2, 0) is 47.5 Å². The molecule has 254 valence electrons. The zero-order chi connectivity index (χ0) is 32.2. The van der Waals surface area contributed by atoms with Crippen LogP contribution in [0.2, 0.25) is 0 Å². The lowest BCUT2D eigenvalue weighted by atomic mass is 9.90. The van der Waals surface area contributed by atoms with Crippen LogP contribution >= 0.6 is 0 Å². The van der Waals surface area contributed by atoms with Crippen molar-refractivity contribution in [2.24, 2.45) is 29.6 Å². The Balaban J connectivity index is 1.55.